The fourth-order valence-electron chi connectivity index (χ4n) is 1.96. The van der Waals surface area contributed by atoms with Gasteiger partial charge in [0.25, 0.3) is 5.91 Å². The van der Waals surface area contributed by atoms with Crippen LogP contribution in [0.1, 0.15) is 42.3 Å². The van der Waals surface area contributed by atoms with Crippen LogP contribution in [0.25, 0.3) is 0 Å². The van der Waals surface area contributed by atoms with Gasteiger partial charge in [-0.3, -0.25) is 4.79 Å². The first-order valence-electron chi connectivity index (χ1n) is 6.79. The van der Waals surface area contributed by atoms with Gasteiger partial charge in [0.2, 0.25) is 0 Å². The molecular weight excluding hydrogens is 260 g/mol. The lowest BCUT2D eigenvalue weighted by Gasteiger charge is -2.21. The smallest absolute Gasteiger partial charge is 0.268 e. The highest BCUT2D eigenvalue weighted by molar-refractivity contribution is 7.18. The predicted molar refractivity (Wildman–Crippen MR) is 79.8 cm³/mol. The number of hydrogen-bond acceptors (Lipinski definition) is 5. The van der Waals surface area contributed by atoms with Crippen LogP contribution in [0, 0.1) is 0 Å². The zero-order chi connectivity index (χ0) is 14.0. The third-order valence-corrected chi connectivity index (χ3v) is 4.45. The summed E-state index contributed by atoms with van der Waals surface area (Å²) in [7, 11) is 3.81. The molecule has 1 aromatic heterocycles. The molecule has 0 atom stereocenters. The molecule has 1 aliphatic carbocycles. The molecule has 0 bridgehead atoms. The summed E-state index contributed by atoms with van der Waals surface area (Å²) in [6, 6.07) is 0.420. The largest absolute Gasteiger partial charge is 0.382 e. The van der Waals surface area contributed by atoms with E-state index in [2.05, 4.69) is 11.9 Å². The van der Waals surface area contributed by atoms with E-state index in [9.17, 15) is 4.79 Å². The number of aromatic nitrogens is 1. The normalized spacial score (nSPS) is 14.5. The van der Waals surface area contributed by atoms with Gasteiger partial charge in [-0.1, -0.05) is 24.7 Å². The maximum absolute atomic E-state index is 12.6. The maximum Gasteiger partial charge on any atom is 0.268 e. The molecule has 5 nitrogen and oxygen atoms in total. The van der Waals surface area contributed by atoms with Gasteiger partial charge in [0.1, 0.15) is 10.7 Å². The number of nitrogen functional groups attached to an aromatic ring is 1. The van der Waals surface area contributed by atoms with Gasteiger partial charge in [-0.15, -0.1) is 0 Å². The lowest BCUT2D eigenvalue weighted by Crippen LogP contribution is -2.33. The first-order chi connectivity index (χ1) is 9.04. The molecule has 19 heavy (non-hydrogen) atoms. The molecule has 0 radical (unpaired) electrons. The van der Waals surface area contributed by atoms with E-state index >= 15 is 0 Å². The van der Waals surface area contributed by atoms with Crippen LogP contribution in [0.15, 0.2) is 0 Å². The van der Waals surface area contributed by atoms with Crippen LogP contribution < -0.4 is 10.6 Å². The molecule has 1 aliphatic rings. The summed E-state index contributed by atoms with van der Waals surface area (Å²) in [6.07, 6.45) is 4.38. The third kappa shape index (κ3) is 3.18. The molecule has 0 saturated heterocycles. The van der Waals surface area contributed by atoms with Gasteiger partial charge in [0.05, 0.1) is 0 Å². The van der Waals surface area contributed by atoms with Crippen LogP contribution in [0.4, 0.5) is 10.9 Å². The van der Waals surface area contributed by atoms with E-state index in [1.54, 1.807) is 0 Å². The molecular formula is C13H22N4OS. The van der Waals surface area contributed by atoms with E-state index in [-0.39, 0.29) is 5.91 Å². The first kappa shape index (κ1) is 14.1. The lowest BCUT2D eigenvalue weighted by molar-refractivity contribution is 0.0746. The van der Waals surface area contributed by atoms with Crippen molar-refractivity contribution in [2.75, 3.05) is 31.3 Å². The highest BCUT2D eigenvalue weighted by Gasteiger charge is 2.34. The molecule has 1 heterocycles. The number of carbonyl (C=O) groups excluding carboxylic acids is 1. The average Bonchev–Trinajstić information content (AvgIpc) is 3.11. The molecule has 0 aliphatic heterocycles. The van der Waals surface area contributed by atoms with E-state index in [0.717, 1.165) is 37.4 Å². The Labute approximate surface area is 118 Å². The van der Waals surface area contributed by atoms with Gasteiger partial charge >= 0.3 is 0 Å². The fraction of sp³-hybridized carbons (Fsp3) is 0.692. The third-order valence-electron chi connectivity index (χ3n) is 3.22. The minimum absolute atomic E-state index is 0.0547. The quantitative estimate of drug-likeness (QED) is 0.869. The van der Waals surface area contributed by atoms with Gasteiger partial charge in [0.15, 0.2) is 5.13 Å². The van der Waals surface area contributed by atoms with Crippen molar-refractivity contribution in [3.63, 3.8) is 0 Å². The van der Waals surface area contributed by atoms with Crippen molar-refractivity contribution in [2.45, 2.75) is 38.6 Å². The molecule has 2 rings (SSSR count). The highest BCUT2D eigenvalue weighted by Crippen LogP contribution is 2.33. The van der Waals surface area contributed by atoms with Crippen molar-refractivity contribution >= 4 is 28.2 Å². The molecule has 0 spiro atoms. The Bertz CT molecular complexity index is 453. The SMILES string of the molecule is CCCCN(C(=O)c1sc(N(C)C)nc1N)C1CC1. The lowest BCUT2D eigenvalue weighted by atomic mass is 10.3. The molecule has 106 valence electrons. The predicted octanol–water partition coefficient (Wildman–Crippen LogP) is 2.20. The fourth-order valence-corrected chi connectivity index (χ4v) is 2.82. The van der Waals surface area contributed by atoms with Crippen molar-refractivity contribution in [3.05, 3.63) is 4.88 Å². The number of nitrogens with two attached hydrogens (primary N) is 1. The summed E-state index contributed by atoms with van der Waals surface area (Å²) < 4.78 is 0. The minimum Gasteiger partial charge on any atom is -0.382 e. The van der Waals surface area contributed by atoms with Crippen molar-refractivity contribution in [1.29, 1.82) is 0 Å². The molecule has 6 heteroatoms. The van der Waals surface area contributed by atoms with Crippen LogP contribution in [0.3, 0.4) is 0 Å². The molecule has 2 N–H and O–H groups in total. The number of anilines is 2. The molecule has 0 aromatic carbocycles. The second-order valence-corrected chi connectivity index (χ2v) is 6.17. The van der Waals surface area contributed by atoms with Crippen LogP contribution >= 0.6 is 11.3 Å². The average molecular weight is 282 g/mol. The Morgan fingerprint density at radius 2 is 2.16 bits per heavy atom. The van der Waals surface area contributed by atoms with Crippen molar-refractivity contribution in [3.8, 4) is 0 Å². The molecule has 0 unspecified atom stereocenters. The van der Waals surface area contributed by atoms with E-state index in [0.29, 0.717) is 16.7 Å². The minimum atomic E-state index is 0.0547. The maximum atomic E-state index is 12.6. The van der Waals surface area contributed by atoms with Crippen molar-refractivity contribution < 1.29 is 4.79 Å². The summed E-state index contributed by atoms with van der Waals surface area (Å²) in [5, 5.41) is 0.784. The standard InChI is InChI=1S/C13H22N4OS/c1-4-5-8-17(9-6-7-9)12(18)10-11(14)15-13(19-10)16(2)3/h9H,4-8,14H2,1-3H3. The Morgan fingerprint density at radius 1 is 1.47 bits per heavy atom. The molecule has 1 fully saturated rings. The van der Waals surface area contributed by atoms with Crippen LogP contribution in [-0.2, 0) is 0 Å². The summed E-state index contributed by atoms with van der Waals surface area (Å²) >= 11 is 1.38. The number of amides is 1. The summed E-state index contributed by atoms with van der Waals surface area (Å²) in [5.41, 5.74) is 5.89. The second kappa shape index (κ2) is 5.77. The molecule has 1 aromatic rings. The number of unbranched alkanes of at least 4 members (excludes halogenated alkanes) is 1. The summed E-state index contributed by atoms with van der Waals surface area (Å²) in [4.78, 5) is 21.3. The van der Waals surface area contributed by atoms with Crippen LogP contribution in [0.2, 0.25) is 0 Å². The molecule has 1 saturated carbocycles. The monoisotopic (exact) mass is 282 g/mol. The Morgan fingerprint density at radius 3 is 2.63 bits per heavy atom. The Kier molecular flexibility index (Phi) is 4.29. The first-order valence-corrected chi connectivity index (χ1v) is 7.60. The van der Waals surface area contributed by atoms with E-state index in [4.69, 9.17) is 5.73 Å². The number of nitrogens with zero attached hydrogens (tertiary/aromatic N) is 3. The van der Waals surface area contributed by atoms with Crippen molar-refractivity contribution in [2.24, 2.45) is 0 Å². The van der Waals surface area contributed by atoms with E-state index in [1.165, 1.54) is 11.3 Å². The van der Waals surface area contributed by atoms with Gasteiger partial charge in [-0.25, -0.2) is 4.98 Å². The van der Waals surface area contributed by atoms with Gasteiger partial charge in [-0.2, -0.15) is 0 Å². The number of carbonyl (C=O) groups is 1. The van der Waals surface area contributed by atoms with Gasteiger partial charge < -0.3 is 15.5 Å². The summed E-state index contributed by atoms with van der Waals surface area (Å²) in [6.45, 7) is 2.97. The van der Waals surface area contributed by atoms with E-state index < -0.39 is 0 Å². The van der Waals surface area contributed by atoms with Gasteiger partial charge in [-0.05, 0) is 19.3 Å². The Balaban J connectivity index is 2.16. The highest BCUT2D eigenvalue weighted by atomic mass is 32.1. The summed E-state index contributed by atoms with van der Waals surface area (Å²) in [5.74, 6) is 0.417. The van der Waals surface area contributed by atoms with E-state index in [1.807, 2.05) is 23.9 Å². The number of rotatable bonds is 6. The topological polar surface area (TPSA) is 62.5 Å². The zero-order valence-electron chi connectivity index (χ0n) is 11.8. The van der Waals surface area contributed by atoms with Crippen LogP contribution in [-0.4, -0.2) is 42.5 Å². The van der Waals surface area contributed by atoms with Gasteiger partial charge in [0, 0.05) is 26.7 Å². The zero-order valence-corrected chi connectivity index (χ0v) is 12.7. The number of thiazole rings is 1. The second-order valence-electron chi connectivity index (χ2n) is 5.19. The van der Waals surface area contributed by atoms with Crippen molar-refractivity contribution in [1.82, 2.24) is 9.88 Å². The van der Waals surface area contributed by atoms with Crippen LogP contribution in [0.5, 0.6) is 0 Å². The Hall–Kier alpha value is -1.30. The number of hydrogen-bond donors (Lipinski definition) is 1. The molecule has 1 amide bonds.